The highest BCUT2D eigenvalue weighted by Gasteiger charge is 2.39. The van der Waals surface area contributed by atoms with Gasteiger partial charge in [0.2, 0.25) is 0 Å². The number of nitrogens with zero attached hydrogens (tertiary/aromatic N) is 1. The fourth-order valence-corrected chi connectivity index (χ4v) is 2.62. The van der Waals surface area contributed by atoms with E-state index in [1.165, 1.54) is 18.4 Å². The number of allylic oxidation sites excluding steroid dienone is 1. The number of anilines is 1. The fraction of sp³-hybridized carbons (Fsp3) is 0.167. The van der Waals surface area contributed by atoms with E-state index in [2.05, 4.69) is 26.2 Å². The lowest BCUT2D eigenvalue weighted by Gasteiger charge is -2.03. The van der Waals surface area contributed by atoms with E-state index in [0.29, 0.717) is 16.4 Å². The Kier molecular flexibility index (Phi) is 4.52. The lowest BCUT2D eigenvalue weighted by Crippen LogP contribution is -2.22. The number of ketones is 1. The maximum absolute atomic E-state index is 12.2. The number of hydrogen-bond acceptors (Lipinski definition) is 5. The Balaban J connectivity index is 2.18. The number of benzene rings is 1. The van der Waals surface area contributed by atoms with Gasteiger partial charge in [-0.3, -0.25) is 4.79 Å². The minimum absolute atomic E-state index is 0.366. The Bertz CT molecular complexity index is 712. The number of carbonyl (C=O) groups is 1. The molecule has 0 fully saturated rings. The Morgan fingerprint density at radius 3 is 2.81 bits per heavy atom. The molecular formula is C12H8BrF3N2O2S. The minimum Gasteiger partial charge on any atom is -0.497 e. The van der Waals surface area contributed by atoms with Crippen LogP contribution in [0.2, 0.25) is 0 Å². The first-order chi connectivity index (χ1) is 9.81. The third-order valence-electron chi connectivity index (χ3n) is 2.39. The first kappa shape index (κ1) is 15.8. The molecule has 0 aliphatic heterocycles. The molecule has 0 saturated carbocycles. The highest BCUT2D eigenvalue weighted by atomic mass is 79.9. The minimum atomic E-state index is -4.92. The quantitative estimate of drug-likeness (QED) is 0.811. The maximum atomic E-state index is 12.2. The largest absolute Gasteiger partial charge is 0.497 e. The molecule has 112 valence electrons. The predicted molar refractivity (Wildman–Crippen MR) is 77.9 cm³/mol. The van der Waals surface area contributed by atoms with Gasteiger partial charge in [0.1, 0.15) is 5.75 Å². The molecule has 0 aliphatic carbocycles. The summed E-state index contributed by atoms with van der Waals surface area (Å²) in [5.41, 5.74) is 0.676. The van der Waals surface area contributed by atoms with Crippen LogP contribution in [0.15, 0.2) is 28.9 Å². The molecular weight excluding hydrogens is 373 g/mol. The van der Waals surface area contributed by atoms with Crippen molar-refractivity contribution in [3.05, 3.63) is 28.9 Å². The highest BCUT2D eigenvalue weighted by Crippen LogP contribution is 2.30. The van der Waals surface area contributed by atoms with Crippen molar-refractivity contribution >= 4 is 48.4 Å². The third kappa shape index (κ3) is 3.73. The van der Waals surface area contributed by atoms with E-state index < -0.39 is 16.4 Å². The molecule has 0 spiro atoms. The summed E-state index contributed by atoms with van der Waals surface area (Å²) in [6.07, 6.45) is -4.00. The molecule has 1 N–H and O–H groups in total. The van der Waals surface area contributed by atoms with Crippen LogP contribution in [0.3, 0.4) is 0 Å². The van der Waals surface area contributed by atoms with Crippen LogP contribution in [0, 0.1) is 0 Å². The number of halogens is 4. The SMILES string of the molecule is COc1ccc2nc(N/C=C(\Br)C(=O)C(F)(F)F)sc2c1. The summed E-state index contributed by atoms with van der Waals surface area (Å²) in [5.74, 6) is -1.31. The summed E-state index contributed by atoms with van der Waals surface area (Å²) in [6.45, 7) is 0. The first-order valence-electron chi connectivity index (χ1n) is 5.49. The Morgan fingerprint density at radius 1 is 1.48 bits per heavy atom. The second-order valence-corrected chi connectivity index (χ2v) is 5.70. The van der Waals surface area contributed by atoms with E-state index in [4.69, 9.17) is 4.74 Å². The van der Waals surface area contributed by atoms with Crippen LogP contribution >= 0.6 is 27.3 Å². The van der Waals surface area contributed by atoms with Gasteiger partial charge in [-0.25, -0.2) is 4.98 Å². The van der Waals surface area contributed by atoms with Crippen molar-refractivity contribution in [3.63, 3.8) is 0 Å². The van der Waals surface area contributed by atoms with Crippen LogP contribution in [-0.4, -0.2) is 24.1 Å². The summed E-state index contributed by atoms with van der Waals surface area (Å²) in [4.78, 5) is 15.1. The van der Waals surface area contributed by atoms with Crippen LogP contribution in [0.5, 0.6) is 5.75 Å². The molecule has 0 atom stereocenters. The Hall–Kier alpha value is -1.61. The zero-order chi connectivity index (χ0) is 15.6. The van der Waals surface area contributed by atoms with Gasteiger partial charge in [-0.2, -0.15) is 13.2 Å². The summed E-state index contributed by atoms with van der Waals surface area (Å²) in [7, 11) is 1.53. The first-order valence-corrected chi connectivity index (χ1v) is 7.10. The number of alkyl halides is 3. The Labute approximate surface area is 129 Å². The number of methoxy groups -OCH3 is 1. The molecule has 1 heterocycles. The van der Waals surface area contributed by atoms with E-state index in [0.717, 1.165) is 10.9 Å². The van der Waals surface area contributed by atoms with Gasteiger partial charge in [-0.1, -0.05) is 11.3 Å². The number of hydrogen-bond donors (Lipinski definition) is 1. The number of ether oxygens (including phenoxy) is 1. The van der Waals surface area contributed by atoms with Crippen LogP contribution in [-0.2, 0) is 4.79 Å². The second-order valence-electron chi connectivity index (χ2n) is 3.82. The molecule has 4 nitrogen and oxygen atoms in total. The zero-order valence-corrected chi connectivity index (χ0v) is 12.9. The number of fused-ring (bicyclic) bond motifs is 1. The van der Waals surface area contributed by atoms with E-state index in [-0.39, 0.29) is 0 Å². The van der Waals surface area contributed by atoms with Crippen molar-refractivity contribution < 1.29 is 22.7 Å². The van der Waals surface area contributed by atoms with E-state index in [1.54, 1.807) is 18.2 Å². The second kappa shape index (κ2) is 6.02. The normalized spacial score (nSPS) is 12.5. The van der Waals surface area contributed by atoms with E-state index in [9.17, 15) is 18.0 Å². The van der Waals surface area contributed by atoms with Gasteiger partial charge >= 0.3 is 6.18 Å². The number of thiazole rings is 1. The van der Waals surface area contributed by atoms with Gasteiger partial charge in [0.05, 0.1) is 21.8 Å². The van der Waals surface area contributed by atoms with Gasteiger partial charge in [-0.05, 0) is 34.1 Å². The lowest BCUT2D eigenvalue weighted by atomic mass is 10.3. The van der Waals surface area contributed by atoms with Crippen LogP contribution in [0.25, 0.3) is 10.2 Å². The maximum Gasteiger partial charge on any atom is 0.455 e. The van der Waals surface area contributed by atoms with Crippen LogP contribution in [0.1, 0.15) is 0 Å². The topological polar surface area (TPSA) is 51.2 Å². The third-order valence-corrected chi connectivity index (χ3v) is 3.93. The summed E-state index contributed by atoms with van der Waals surface area (Å²) in [6, 6.07) is 5.22. The van der Waals surface area contributed by atoms with Crippen molar-refractivity contribution in [2.24, 2.45) is 0 Å². The van der Waals surface area contributed by atoms with Gasteiger partial charge in [0.25, 0.3) is 5.78 Å². The molecule has 21 heavy (non-hydrogen) atoms. The van der Waals surface area contributed by atoms with Gasteiger partial charge in [0.15, 0.2) is 5.13 Å². The fourth-order valence-electron chi connectivity index (χ4n) is 1.42. The molecule has 9 heteroatoms. The van der Waals surface area contributed by atoms with Crippen molar-refractivity contribution in [1.82, 2.24) is 4.98 Å². The molecule has 0 radical (unpaired) electrons. The number of carbonyl (C=O) groups excluding carboxylic acids is 1. The molecule has 1 aromatic carbocycles. The summed E-state index contributed by atoms with van der Waals surface area (Å²) in [5, 5.41) is 2.93. The molecule has 0 unspecified atom stereocenters. The smallest absolute Gasteiger partial charge is 0.455 e. The lowest BCUT2D eigenvalue weighted by molar-refractivity contribution is -0.165. The average molecular weight is 381 g/mol. The monoisotopic (exact) mass is 380 g/mol. The summed E-state index contributed by atoms with van der Waals surface area (Å²) >= 11 is 3.82. The van der Waals surface area contributed by atoms with Crippen LogP contribution < -0.4 is 10.1 Å². The molecule has 0 saturated heterocycles. The average Bonchev–Trinajstić information content (AvgIpc) is 2.84. The number of nitrogens with one attached hydrogen (secondary N) is 1. The van der Waals surface area contributed by atoms with E-state index in [1.807, 2.05) is 0 Å². The van der Waals surface area contributed by atoms with Crippen molar-refractivity contribution in [1.29, 1.82) is 0 Å². The number of aromatic nitrogens is 1. The number of rotatable bonds is 4. The standard InChI is InChI=1S/C12H8BrF3N2O2S/c1-20-6-2-3-8-9(4-6)21-11(18-8)17-5-7(13)10(19)12(14,15)16/h2-5H,1H3,(H,17,18)/b7-5-. The molecule has 0 bridgehead atoms. The molecule has 0 amide bonds. The summed E-state index contributed by atoms with van der Waals surface area (Å²) < 4.78 is 41.9. The molecule has 1 aromatic heterocycles. The van der Waals surface area contributed by atoms with Crippen LogP contribution in [0.4, 0.5) is 18.3 Å². The van der Waals surface area contributed by atoms with Gasteiger partial charge in [0, 0.05) is 6.20 Å². The van der Waals surface area contributed by atoms with Gasteiger partial charge < -0.3 is 10.1 Å². The molecule has 2 rings (SSSR count). The van der Waals surface area contributed by atoms with Gasteiger partial charge in [-0.15, -0.1) is 0 Å². The number of Topliss-reactive ketones (excluding diaryl/α,β-unsaturated/α-hetero) is 1. The predicted octanol–water partition coefficient (Wildman–Crippen LogP) is 4.08. The molecule has 0 aliphatic rings. The van der Waals surface area contributed by atoms with E-state index >= 15 is 0 Å². The van der Waals surface area contributed by atoms with Crippen molar-refractivity contribution in [3.8, 4) is 5.75 Å². The Morgan fingerprint density at radius 2 is 2.19 bits per heavy atom. The molecule has 2 aromatic rings. The van der Waals surface area contributed by atoms with Crippen molar-refractivity contribution in [2.75, 3.05) is 12.4 Å². The zero-order valence-electron chi connectivity index (χ0n) is 10.5. The van der Waals surface area contributed by atoms with Crippen molar-refractivity contribution in [2.45, 2.75) is 6.18 Å². The highest BCUT2D eigenvalue weighted by molar-refractivity contribution is 9.12.